The molecule has 0 bridgehead atoms. The fraction of sp³-hybridized carbons (Fsp3) is 0.105. The van der Waals surface area contributed by atoms with E-state index in [4.69, 9.17) is 0 Å². The van der Waals surface area contributed by atoms with E-state index in [1.54, 1.807) is 0 Å². The molecule has 1 nitrogen and oxygen atoms in total. The predicted octanol–water partition coefficient (Wildman–Crippen LogP) is 6.04. The standard InChI is InChI=1S/C19H14Br2O/c20-17-7-1-13(2-8-17)11-15-5-6-16(19(15)22)12-14-3-9-18(21)10-4-14/h1-4,7-12H,5-6H2/b15-11+,16-12+. The minimum absolute atomic E-state index is 0.172. The summed E-state index contributed by atoms with van der Waals surface area (Å²) in [6.07, 6.45) is 5.63. The first-order valence-electron chi connectivity index (χ1n) is 7.09. The third-order valence-electron chi connectivity index (χ3n) is 3.67. The lowest BCUT2D eigenvalue weighted by molar-refractivity contribution is -0.111. The molecule has 1 aliphatic rings. The van der Waals surface area contributed by atoms with Crippen molar-refractivity contribution in [2.45, 2.75) is 12.8 Å². The van der Waals surface area contributed by atoms with Crippen molar-refractivity contribution in [2.75, 3.05) is 0 Å². The minimum Gasteiger partial charge on any atom is -0.289 e. The first-order valence-corrected chi connectivity index (χ1v) is 8.67. The van der Waals surface area contributed by atoms with Crippen molar-refractivity contribution in [3.05, 3.63) is 79.7 Å². The molecule has 110 valence electrons. The fourth-order valence-corrected chi connectivity index (χ4v) is 3.03. The second-order valence-corrected chi connectivity index (χ2v) is 7.10. The SMILES string of the molecule is O=C1/C(=C/c2ccc(Br)cc2)CC/C1=C\c1ccc(Br)cc1. The summed E-state index contributed by atoms with van der Waals surface area (Å²) in [4.78, 5) is 12.5. The molecule has 0 unspecified atom stereocenters. The number of hydrogen-bond donors (Lipinski definition) is 0. The van der Waals surface area contributed by atoms with Crippen LogP contribution in [0.2, 0.25) is 0 Å². The third kappa shape index (κ3) is 3.65. The van der Waals surface area contributed by atoms with Gasteiger partial charge in [-0.15, -0.1) is 0 Å². The Morgan fingerprint density at radius 2 is 1.05 bits per heavy atom. The van der Waals surface area contributed by atoms with E-state index < -0.39 is 0 Å². The van der Waals surface area contributed by atoms with Crippen LogP contribution in [0.4, 0.5) is 0 Å². The molecule has 3 rings (SSSR count). The quantitative estimate of drug-likeness (QED) is 0.544. The molecule has 0 amide bonds. The smallest absolute Gasteiger partial charge is 0.185 e. The van der Waals surface area contributed by atoms with Gasteiger partial charge in [0.2, 0.25) is 0 Å². The fourth-order valence-electron chi connectivity index (χ4n) is 2.50. The monoisotopic (exact) mass is 416 g/mol. The molecular formula is C19H14Br2O. The molecule has 2 aromatic carbocycles. The zero-order valence-electron chi connectivity index (χ0n) is 11.9. The summed E-state index contributed by atoms with van der Waals surface area (Å²) in [7, 11) is 0. The zero-order chi connectivity index (χ0) is 15.5. The normalized spacial score (nSPS) is 18.4. The van der Waals surface area contributed by atoms with Crippen LogP contribution in [0.15, 0.2) is 68.6 Å². The van der Waals surface area contributed by atoms with Crippen LogP contribution in [0.3, 0.4) is 0 Å². The van der Waals surface area contributed by atoms with Gasteiger partial charge >= 0.3 is 0 Å². The van der Waals surface area contributed by atoms with Crippen molar-refractivity contribution in [3.63, 3.8) is 0 Å². The molecule has 1 fully saturated rings. The van der Waals surface area contributed by atoms with Gasteiger partial charge in [-0.1, -0.05) is 56.1 Å². The van der Waals surface area contributed by atoms with Gasteiger partial charge in [0.15, 0.2) is 5.78 Å². The number of rotatable bonds is 2. The topological polar surface area (TPSA) is 17.1 Å². The maximum Gasteiger partial charge on any atom is 0.185 e. The molecule has 0 spiro atoms. The second-order valence-electron chi connectivity index (χ2n) is 5.27. The van der Waals surface area contributed by atoms with E-state index in [1.807, 2.05) is 60.7 Å². The first kappa shape index (κ1) is 15.4. The van der Waals surface area contributed by atoms with Crippen LogP contribution in [0, 0.1) is 0 Å². The van der Waals surface area contributed by atoms with Crippen molar-refractivity contribution in [3.8, 4) is 0 Å². The summed E-state index contributed by atoms with van der Waals surface area (Å²) in [5.41, 5.74) is 3.92. The van der Waals surface area contributed by atoms with E-state index >= 15 is 0 Å². The van der Waals surface area contributed by atoms with E-state index in [9.17, 15) is 4.79 Å². The van der Waals surface area contributed by atoms with Crippen molar-refractivity contribution in [2.24, 2.45) is 0 Å². The van der Waals surface area contributed by atoms with E-state index in [1.165, 1.54) is 0 Å². The summed E-state index contributed by atoms with van der Waals surface area (Å²) in [6.45, 7) is 0. The van der Waals surface area contributed by atoms with Gasteiger partial charge in [0, 0.05) is 20.1 Å². The van der Waals surface area contributed by atoms with Crippen molar-refractivity contribution in [1.29, 1.82) is 0 Å². The zero-order valence-corrected chi connectivity index (χ0v) is 15.0. The number of carbonyl (C=O) groups excluding carboxylic acids is 1. The summed E-state index contributed by atoms with van der Waals surface area (Å²) in [5.74, 6) is 0.172. The van der Waals surface area contributed by atoms with Crippen molar-refractivity contribution < 1.29 is 4.79 Å². The molecule has 22 heavy (non-hydrogen) atoms. The van der Waals surface area contributed by atoms with Gasteiger partial charge in [0.05, 0.1) is 0 Å². The minimum atomic E-state index is 0.172. The molecule has 0 aliphatic heterocycles. The highest BCUT2D eigenvalue weighted by Gasteiger charge is 2.22. The van der Waals surface area contributed by atoms with E-state index in [-0.39, 0.29) is 5.78 Å². The Hall–Kier alpha value is -1.45. The lowest BCUT2D eigenvalue weighted by atomic mass is 10.1. The number of Topliss-reactive ketones (excluding diaryl/α,β-unsaturated/α-hetero) is 1. The molecule has 0 saturated heterocycles. The molecule has 1 aliphatic carbocycles. The van der Waals surface area contributed by atoms with Crippen LogP contribution in [0.1, 0.15) is 24.0 Å². The average Bonchev–Trinajstić information content (AvgIpc) is 2.85. The molecule has 0 atom stereocenters. The highest BCUT2D eigenvalue weighted by Crippen LogP contribution is 2.29. The third-order valence-corrected chi connectivity index (χ3v) is 4.73. The van der Waals surface area contributed by atoms with E-state index in [2.05, 4.69) is 31.9 Å². The van der Waals surface area contributed by atoms with Crippen LogP contribution in [-0.4, -0.2) is 5.78 Å². The molecule has 0 radical (unpaired) electrons. The van der Waals surface area contributed by atoms with E-state index in [0.717, 1.165) is 44.1 Å². The maximum atomic E-state index is 12.5. The molecule has 0 aromatic heterocycles. The van der Waals surface area contributed by atoms with Gasteiger partial charge in [-0.05, 0) is 60.4 Å². The Kier molecular flexibility index (Phi) is 4.74. The molecule has 0 heterocycles. The van der Waals surface area contributed by atoms with Gasteiger partial charge in [-0.3, -0.25) is 4.79 Å². The lowest BCUT2D eigenvalue weighted by Crippen LogP contribution is -1.95. The molecule has 3 heteroatoms. The highest BCUT2D eigenvalue weighted by atomic mass is 79.9. The summed E-state index contributed by atoms with van der Waals surface area (Å²) < 4.78 is 2.09. The Balaban J connectivity index is 1.82. The summed E-state index contributed by atoms with van der Waals surface area (Å²) >= 11 is 6.84. The highest BCUT2D eigenvalue weighted by molar-refractivity contribution is 9.10. The van der Waals surface area contributed by atoms with Gasteiger partial charge in [0.25, 0.3) is 0 Å². The average molecular weight is 418 g/mol. The van der Waals surface area contributed by atoms with Gasteiger partial charge < -0.3 is 0 Å². The predicted molar refractivity (Wildman–Crippen MR) is 98.5 cm³/mol. The molecule has 0 N–H and O–H groups in total. The summed E-state index contributed by atoms with van der Waals surface area (Å²) in [6, 6.07) is 16.0. The van der Waals surface area contributed by atoms with Gasteiger partial charge in [-0.2, -0.15) is 0 Å². The Morgan fingerprint density at radius 1 is 0.682 bits per heavy atom. The van der Waals surface area contributed by atoms with Crippen molar-refractivity contribution >= 4 is 49.8 Å². The van der Waals surface area contributed by atoms with Gasteiger partial charge in [0.1, 0.15) is 0 Å². The number of halogens is 2. The van der Waals surface area contributed by atoms with Crippen LogP contribution in [-0.2, 0) is 4.79 Å². The maximum absolute atomic E-state index is 12.5. The van der Waals surface area contributed by atoms with Crippen LogP contribution in [0.5, 0.6) is 0 Å². The Morgan fingerprint density at radius 3 is 1.41 bits per heavy atom. The second kappa shape index (κ2) is 6.76. The number of allylic oxidation sites excluding steroid dienone is 2. The first-order chi connectivity index (χ1) is 10.6. The number of carbonyl (C=O) groups is 1. The van der Waals surface area contributed by atoms with Crippen LogP contribution in [0.25, 0.3) is 12.2 Å². The molecule has 2 aromatic rings. The number of hydrogen-bond acceptors (Lipinski definition) is 1. The number of ketones is 1. The molecular weight excluding hydrogens is 404 g/mol. The van der Waals surface area contributed by atoms with Crippen LogP contribution < -0.4 is 0 Å². The Bertz CT molecular complexity index is 688. The van der Waals surface area contributed by atoms with Crippen molar-refractivity contribution in [1.82, 2.24) is 0 Å². The lowest BCUT2D eigenvalue weighted by Gasteiger charge is -1.98. The van der Waals surface area contributed by atoms with E-state index in [0.29, 0.717) is 0 Å². The largest absolute Gasteiger partial charge is 0.289 e. The van der Waals surface area contributed by atoms with Crippen LogP contribution >= 0.6 is 31.9 Å². The molecule has 1 saturated carbocycles. The summed E-state index contributed by atoms with van der Waals surface area (Å²) in [5, 5.41) is 0. The van der Waals surface area contributed by atoms with Gasteiger partial charge in [-0.25, -0.2) is 0 Å². The Labute approximate surface area is 147 Å². The number of benzene rings is 2.